The van der Waals surface area contributed by atoms with Gasteiger partial charge in [-0.1, -0.05) is 36.4 Å². The van der Waals surface area contributed by atoms with Crippen molar-refractivity contribution >= 4 is 11.8 Å². The Morgan fingerprint density at radius 2 is 1.96 bits per heavy atom. The first-order valence-electron chi connectivity index (χ1n) is 8.23. The van der Waals surface area contributed by atoms with Crippen LogP contribution in [0.3, 0.4) is 0 Å². The van der Waals surface area contributed by atoms with E-state index in [1.807, 2.05) is 24.4 Å². The van der Waals surface area contributed by atoms with Crippen LogP contribution in [0.4, 0.5) is 0 Å². The highest BCUT2D eigenvalue weighted by Gasteiger charge is 2.49. The monoisotopic (exact) mass is 326 g/mol. The molecule has 0 saturated carbocycles. The van der Waals surface area contributed by atoms with Crippen LogP contribution in [0.2, 0.25) is 0 Å². The Bertz CT molecular complexity index is 628. The Labute approximate surface area is 142 Å². The SMILES string of the molecule is c1ccc(CN2CC3(C[C@H](OCc4ccccn4)CS3)C2)cc1. The van der Waals surface area contributed by atoms with Crippen LogP contribution in [-0.2, 0) is 17.9 Å². The Kier molecular flexibility index (Phi) is 4.38. The fourth-order valence-electron chi connectivity index (χ4n) is 3.54. The van der Waals surface area contributed by atoms with E-state index in [-0.39, 0.29) is 0 Å². The zero-order chi connectivity index (χ0) is 15.5. The zero-order valence-electron chi connectivity index (χ0n) is 13.2. The number of pyridine rings is 1. The van der Waals surface area contributed by atoms with Crippen molar-refractivity contribution < 1.29 is 4.74 Å². The summed E-state index contributed by atoms with van der Waals surface area (Å²) in [4.78, 5) is 6.87. The van der Waals surface area contributed by atoms with Gasteiger partial charge in [0, 0.05) is 36.3 Å². The van der Waals surface area contributed by atoms with Gasteiger partial charge in [-0.15, -0.1) is 11.8 Å². The van der Waals surface area contributed by atoms with Gasteiger partial charge in [-0.3, -0.25) is 9.88 Å². The molecular weight excluding hydrogens is 304 g/mol. The van der Waals surface area contributed by atoms with Crippen LogP contribution >= 0.6 is 11.8 Å². The van der Waals surface area contributed by atoms with E-state index in [4.69, 9.17) is 4.74 Å². The van der Waals surface area contributed by atoms with Gasteiger partial charge in [-0.2, -0.15) is 0 Å². The normalized spacial score (nSPS) is 23.0. The lowest BCUT2D eigenvalue weighted by Crippen LogP contribution is -2.58. The molecule has 3 heterocycles. The highest BCUT2D eigenvalue weighted by Crippen LogP contribution is 2.46. The first kappa shape index (κ1) is 15.2. The Hall–Kier alpha value is -1.36. The summed E-state index contributed by atoms with van der Waals surface area (Å²) in [6, 6.07) is 16.7. The van der Waals surface area contributed by atoms with E-state index in [0.29, 0.717) is 17.5 Å². The molecular formula is C19H22N2OS. The van der Waals surface area contributed by atoms with Gasteiger partial charge in [0.2, 0.25) is 0 Å². The molecule has 2 aliphatic rings. The van der Waals surface area contributed by atoms with Gasteiger partial charge in [-0.25, -0.2) is 0 Å². The van der Waals surface area contributed by atoms with Gasteiger partial charge in [0.25, 0.3) is 0 Å². The Balaban J connectivity index is 1.24. The molecule has 0 aliphatic carbocycles. The van der Waals surface area contributed by atoms with Gasteiger partial charge in [-0.05, 0) is 24.1 Å². The van der Waals surface area contributed by atoms with E-state index >= 15 is 0 Å². The highest BCUT2D eigenvalue weighted by molar-refractivity contribution is 8.01. The van der Waals surface area contributed by atoms with E-state index in [0.717, 1.165) is 18.0 Å². The van der Waals surface area contributed by atoms with Crippen molar-refractivity contribution in [3.63, 3.8) is 0 Å². The molecule has 1 aromatic heterocycles. The summed E-state index contributed by atoms with van der Waals surface area (Å²) in [5.41, 5.74) is 2.44. The molecule has 1 spiro atoms. The number of hydrogen-bond acceptors (Lipinski definition) is 4. The maximum atomic E-state index is 6.07. The fraction of sp³-hybridized carbons (Fsp3) is 0.421. The molecule has 2 fully saturated rings. The van der Waals surface area contributed by atoms with Gasteiger partial charge in [0.05, 0.1) is 18.4 Å². The zero-order valence-corrected chi connectivity index (χ0v) is 14.0. The van der Waals surface area contributed by atoms with E-state index in [2.05, 4.69) is 52.0 Å². The lowest BCUT2D eigenvalue weighted by molar-refractivity contribution is 0.0251. The van der Waals surface area contributed by atoms with Crippen LogP contribution in [0.1, 0.15) is 17.7 Å². The Morgan fingerprint density at radius 1 is 1.13 bits per heavy atom. The van der Waals surface area contributed by atoms with Crippen LogP contribution in [0.5, 0.6) is 0 Å². The predicted octanol–water partition coefficient (Wildman–Crippen LogP) is 3.36. The molecule has 4 rings (SSSR count). The minimum atomic E-state index is 0.376. The summed E-state index contributed by atoms with van der Waals surface area (Å²) in [7, 11) is 0. The molecule has 0 bridgehead atoms. The summed E-state index contributed by atoms with van der Waals surface area (Å²) < 4.78 is 6.51. The second-order valence-corrected chi connectivity index (χ2v) is 8.07. The second kappa shape index (κ2) is 6.63. The van der Waals surface area contributed by atoms with Gasteiger partial charge in [0.15, 0.2) is 0 Å². The minimum Gasteiger partial charge on any atom is -0.371 e. The molecule has 0 amide bonds. The maximum Gasteiger partial charge on any atom is 0.0892 e. The second-order valence-electron chi connectivity index (χ2n) is 6.58. The van der Waals surface area contributed by atoms with Gasteiger partial charge in [0.1, 0.15) is 0 Å². The molecule has 4 heteroatoms. The average Bonchev–Trinajstić information content (AvgIpc) is 2.99. The number of benzene rings is 1. The minimum absolute atomic E-state index is 0.376. The van der Waals surface area contributed by atoms with Crippen LogP contribution < -0.4 is 0 Å². The molecule has 1 atom stereocenters. The first-order valence-corrected chi connectivity index (χ1v) is 9.22. The van der Waals surface area contributed by atoms with E-state index < -0.39 is 0 Å². The molecule has 0 unspecified atom stereocenters. The number of aromatic nitrogens is 1. The molecule has 1 aromatic carbocycles. The maximum absolute atomic E-state index is 6.07. The van der Waals surface area contributed by atoms with E-state index in [9.17, 15) is 0 Å². The quantitative estimate of drug-likeness (QED) is 0.841. The molecule has 23 heavy (non-hydrogen) atoms. The van der Waals surface area contributed by atoms with Crippen molar-refractivity contribution in [2.24, 2.45) is 0 Å². The van der Waals surface area contributed by atoms with Crippen LogP contribution in [-0.4, -0.2) is 39.6 Å². The van der Waals surface area contributed by atoms with Crippen molar-refractivity contribution in [1.29, 1.82) is 0 Å². The van der Waals surface area contributed by atoms with Crippen molar-refractivity contribution in [3.8, 4) is 0 Å². The fourth-order valence-corrected chi connectivity index (χ4v) is 5.14. The lowest BCUT2D eigenvalue weighted by Gasteiger charge is -2.47. The van der Waals surface area contributed by atoms with E-state index in [1.54, 1.807) is 0 Å². The van der Waals surface area contributed by atoms with E-state index in [1.165, 1.54) is 25.1 Å². The third-order valence-corrected chi connectivity index (χ3v) is 6.22. The van der Waals surface area contributed by atoms with Gasteiger partial charge >= 0.3 is 0 Å². The smallest absolute Gasteiger partial charge is 0.0892 e. The van der Waals surface area contributed by atoms with Crippen LogP contribution in [0.15, 0.2) is 54.7 Å². The summed E-state index contributed by atoms with van der Waals surface area (Å²) in [6.45, 7) is 4.09. The summed E-state index contributed by atoms with van der Waals surface area (Å²) in [6.07, 6.45) is 3.38. The molecule has 0 N–H and O–H groups in total. The van der Waals surface area contributed by atoms with Gasteiger partial charge < -0.3 is 4.74 Å². The summed E-state index contributed by atoms with van der Waals surface area (Å²) >= 11 is 2.10. The highest BCUT2D eigenvalue weighted by atomic mass is 32.2. The third kappa shape index (κ3) is 3.60. The predicted molar refractivity (Wildman–Crippen MR) is 94.3 cm³/mol. The molecule has 3 nitrogen and oxygen atoms in total. The standard InChI is InChI=1S/C19H22N2OS/c1-2-6-16(7-3-1)11-21-14-19(15-21)10-18(13-23-19)22-12-17-8-4-5-9-20-17/h1-9,18H,10-15H2/t18-/m0/s1. The molecule has 2 saturated heterocycles. The van der Waals surface area contributed by atoms with Crippen molar-refractivity contribution in [2.45, 2.75) is 30.4 Å². The average molecular weight is 326 g/mol. The summed E-state index contributed by atoms with van der Waals surface area (Å²) in [5.74, 6) is 1.12. The third-order valence-electron chi connectivity index (χ3n) is 4.64. The van der Waals surface area contributed by atoms with Crippen molar-refractivity contribution in [1.82, 2.24) is 9.88 Å². The number of nitrogens with zero attached hydrogens (tertiary/aromatic N) is 2. The topological polar surface area (TPSA) is 25.4 Å². The largest absolute Gasteiger partial charge is 0.371 e. The first-order chi connectivity index (χ1) is 11.3. The number of hydrogen-bond donors (Lipinski definition) is 0. The summed E-state index contributed by atoms with van der Waals surface area (Å²) in [5, 5.41) is 0. The Morgan fingerprint density at radius 3 is 2.74 bits per heavy atom. The molecule has 2 aliphatic heterocycles. The van der Waals surface area contributed by atoms with Crippen molar-refractivity contribution in [2.75, 3.05) is 18.8 Å². The molecule has 0 radical (unpaired) electrons. The molecule has 2 aromatic rings. The number of likely N-dealkylation sites (tertiary alicyclic amines) is 1. The lowest BCUT2D eigenvalue weighted by atomic mass is 9.92. The molecule has 120 valence electrons. The number of rotatable bonds is 5. The van der Waals surface area contributed by atoms with Crippen LogP contribution in [0, 0.1) is 0 Å². The van der Waals surface area contributed by atoms with Crippen molar-refractivity contribution in [3.05, 3.63) is 66.0 Å². The van der Waals surface area contributed by atoms with Crippen LogP contribution in [0.25, 0.3) is 0 Å². The number of thioether (sulfide) groups is 1. The number of ether oxygens (including phenoxy) is 1.